The molecule has 19 heavy (non-hydrogen) atoms. The molecule has 2 rings (SSSR count). The molecule has 1 heterocycles. The molecule has 4 nitrogen and oxygen atoms in total. The Morgan fingerprint density at radius 1 is 1.37 bits per heavy atom. The average Bonchev–Trinajstić information content (AvgIpc) is 2.69. The third kappa shape index (κ3) is 2.88. The SMILES string of the molecule is CCCn1nc(Cc2ccc(Cl)cc2)c(C#N)c1N. The zero-order chi connectivity index (χ0) is 13.8. The number of nitriles is 1. The Balaban J connectivity index is 2.32. The van der Waals surface area contributed by atoms with Crippen LogP contribution in [0.1, 0.15) is 30.2 Å². The molecule has 2 aromatic rings. The molecule has 0 unspecified atom stereocenters. The van der Waals surface area contributed by atoms with Gasteiger partial charge < -0.3 is 5.73 Å². The van der Waals surface area contributed by atoms with Crippen molar-refractivity contribution in [2.75, 3.05) is 5.73 Å². The molecule has 0 amide bonds. The summed E-state index contributed by atoms with van der Waals surface area (Å²) in [5.74, 6) is 0.452. The standard InChI is InChI=1S/C14H15ClN4/c1-2-7-19-14(17)12(9-16)13(18-19)8-10-3-5-11(15)6-4-10/h3-6H,2,7-8,17H2,1H3. The predicted molar refractivity (Wildman–Crippen MR) is 75.9 cm³/mol. The van der Waals surface area contributed by atoms with E-state index in [1.807, 2.05) is 31.2 Å². The second kappa shape index (κ2) is 5.77. The van der Waals surface area contributed by atoms with E-state index in [0.717, 1.165) is 24.2 Å². The van der Waals surface area contributed by atoms with Crippen LogP contribution >= 0.6 is 11.6 Å². The Hall–Kier alpha value is -1.99. The van der Waals surface area contributed by atoms with Crippen LogP contribution in [0, 0.1) is 11.3 Å². The van der Waals surface area contributed by atoms with Gasteiger partial charge in [-0.15, -0.1) is 0 Å². The van der Waals surface area contributed by atoms with Crippen LogP contribution in [-0.2, 0) is 13.0 Å². The molecule has 0 aliphatic carbocycles. The van der Waals surface area contributed by atoms with Gasteiger partial charge >= 0.3 is 0 Å². The van der Waals surface area contributed by atoms with Crippen LogP contribution in [0.25, 0.3) is 0 Å². The van der Waals surface area contributed by atoms with Crippen LogP contribution in [0.15, 0.2) is 24.3 Å². The van der Waals surface area contributed by atoms with Gasteiger partial charge in [0.25, 0.3) is 0 Å². The van der Waals surface area contributed by atoms with Gasteiger partial charge in [0.1, 0.15) is 17.5 Å². The minimum absolute atomic E-state index is 0.452. The molecule has 0 aliphatic rings. The summed E-state index contributed by atoms with van der Waals surface area (Å²) in [4.78, 5) is 0. The third-order valence-corrected chi connectivity index (χ3v) is 3.15. The maximum absolute atomic E-state index is 9.20. The molecule has 0 saturated carbocycles. The van der Waals surface area contributed by atoms with Crippen molar-refractivity contribution >= 4 is 17.4 Å². The fourth-order valence-corrected chi connectivity index (χ4v) is 2.08. The van der Waals surface area contributed by atoms with Crippen molar-refractivity contribution in [3.8, 4) is 6.07 Å². The topological polar surface area (TPSA) is 67.6 Å². The third-order valence-electron chi connectivity index (χ3n) is 2.90. The summed E-state index contributed by atoms with van der Waals surface area (Å²) in [6.07, 6.45) is 1.51. The van der Waals surface area contributed by atoms with Crippen molar-refractivity contribution in [3.63, 3.8) is 0 Å². The summed E-state index contributed by atoms with van der Waals surface area (Å²) in [6.45, 7) is 2.77. The second-order valence-corrected chi connectivity index (χ2v) is 4.78. The van der Waals surface area contributed by atoms with Crippen LogP contribution < -0.4 is 5.73 Å². The zero-order valence-corrected chi connectivity index (χ0v) is 11.5. The average molecular weight is 275 g/mol. The molecule has 0 spiro atoms. The molecule has 2 N–H and O–H groups in total. The van der Waals surface area contributed by atoms with E-state index in [2.05, 4.69) is 11.2 Å². The summed E-state index contributed by atoms with van der Waals surface area (Å²) in [5.41, 5.74) is 8.19. The molecule has 1 aromatic carbocycles. The van der Waals surface area contributed by atoms with Crippen molar-refractivity contribution in [2.24, 2.45) is 0 Å². The Bertz CT molecular complexity index is 608. The van der Waals surface area contributed by atoms with E-state index in [0.29, 0.717) is 22.8 Å². The lowest BCUT2D eigenvalue weighted by Crippen LogP contribution is -2.04. The van der Waals surface area contributed by atoms with Crippen LogP contribution in [0.4, 0.5) is 5.82 Å². The van der Waals surface area contributed by atoms with Gasteiger partial charge in [-0.3, -0.25) is 0 Å². The number of hydrogen-bond acceptors (Lipinski definition) is 3. The normalized spacial score (nSPS) is 10.4. The van der Waals surface area contributed by atoms with Crippen LogP contribution in [0.3, 0.4) is 0 Å². The maximum atomic E-state index is 9.20. The van der Waals surface area contributed by atoms with E-state index in [-0.39, 0.29) is 0 Å². The van der Waals surface area contributed by atoms with Crippen molar-refractivity contribution in [1.82, 2.24) is 9.78 Å². The zero-order valence-electron chi connectivity index (χ0n) is 10.7. The molecule has 0 atom stereocenters. The van der Waals surface area contributed by atoms with Crippen molar-refractivity contribution in [2.45, 2.75) is 26.3 Å². The summed E-state index contributed by atoms with van der Waals surface area (Å²) < 4.78 is 1.70. The molecular weight excluding hydrogens is 260 g/mol. The van der Waals surface area contributed by atoms with Crippen molar-refractivity contribution < 1.29 is 0 Å². The van der Waals surface area contributed by atoms with E-state index in [1.165, 1.54) is 0 Å². The highest BCUT2D eigenvalue weighted by Crippen LogP contribution is 2.20. The first-order valence-electron chi connectivity index (χ1n) is 6.15. The van der Waals surface area contributed by atoms with Gasteiger partial charge in [0.05, 0.1) is 5.69 Å². The minimum Gasteiger partial charge on any atom is -0.383 e. The first-order valence-corrected chi connectivity index (χ1v) is 6.53. The molecule has 0 radical (unpaired) electrons. The van der Waals surface area contributed by atoms with E-state index >= 15 is 0 Å². The Kier molecular flexibility index (Phi) is 4.08. The van der Waals surface area contributed by atoms with Gasteiger partial charge in [-0.2, -0.15) is 10.4 Å². The molecule has 98 valence electrons. The number of aryl methyl sites for hydroxylation is 1. The summed E-state index contributed by atoms with van der Waals surface area (Å²) in [6, 6.07) is 9.66. The first-order chi connectivity index (χ1) is 9.15. The van der Waals surface area contributed by atoms with E-state index < -0.39 is 0 Å². The fraction of sp³-hybridized carbons (Fsp3) is 0.286. The Labute approximate surface area is 117 Å². The lowest BCUT2D eigenvalue weighted by atomic mass is 10.1. The Morgan fingerprint density at radius 3 is 2.63 bits per heavy atom. The van der Waals surface area contributed by atoms with E-state index in [9.17, 15) is 5.26 Å². The molecule has 0 saturated heterocycles. The second-order valence-electron chi connectivity index (χ2n) is 4.35. The van der Waals surface area contributed by atoms with E-state index in [4.69, 9.17) is 17.3 Å². The smallest absolute Gasteiger partial charge is 0.140 e. The molecular formula is C14H15ClN4. The number of nitrogens with zero attached hydrogens (tertiary/aromatic N) is 3. The van der Waals surface area contributed by atoms with Crippen molar-refractivity contribution in [1.29, 1.82) is 5.26 Å². The van der Waals surface area contributed by atoms with Gasteiger partial charge in [-0.05, 0) is 24.1 Å². The van der Waals surface area contributed by atoms with Crippen LogP contribution in [-0.4, -0.2) is 9.78 Å². The maximum Gasteiger partial charge on any atom is 0.140 e. The number of nitrogens with two attached hydrogens (primary N) is 1. The quantitative estimate of drug-likeness (QED) is 0.932. The predicted octanol–water partition coefficient (Wildman–Crippen LogP) is 2.99. The van der Waals surface area contributed by atoms with Gasteiger partial charge in [-0.1, -0.05) is 30.7 Å². The number of halogens is 1. The lowest BCUT2D eigenvalue weighted by Gasteiger charge is -2.00. The fourth-order valence-electron chi connectivity index (χ4n) is 1.95. The van der Waals surface area contributed by atoms with Crippen LogP contribution in [0.2, 0.25) is 5.02 Å². The highest BCUT2D eigenvalue weighted by atomic mass is 35.5. The molecule has 0 aliphatic heterocycles. The highest BCUT2D eigenvalue weighted by molar-refractivity contribution is 6.30. The molecule has 5 heteroatoms. The number of nitrogen functional groups attached to an aromatic ring is 1. The molecule has 0 bridgehead atoms. The summed E-state index contributed by atoms with van der Waals surface area (Å²) in [7, 11) is 0. The number of hydrogen-bond donors (Lipinski definition) is 1. The molecule has 0 fully saturated rings. The number of benzene rings is 1. The number of aromatic nitrogens is 2. The summed E-state index contributed by atoms with van der Waals surface area (Å²) >= 11 is 5.85. The minimum atomic E-state index is 0.452. The largest absolute Gasteiger partial charge is 0.383 e. The first kappa shape index (κ1) is 13.4. The number of anilines is 1. The van der Waals surface area contributed by atoms with Gasteiger partial charge in [-0.25, -0.2) is 4.68 Å². The van der Waals surface area contributed by atoms with Gasteiger partial charge in [0.2, 0.25) is 0 Å². The van der Waals surface area contributed by atoms with Gasteiger partial charge in [0, 0.05) is 18.0 Å². The molecule has 1 aromatic heterocycles. The van der Waals surface area contributed by atoms with Crippen molar-refractivity contribution in [3.05, 3.63) is 46.1 Å². The summed E-state index contributed by atoms with van der Waals surface area (Å²) in [5, 5.41) is 14.3. The van der Waals surface area contributed by atoms with Crippen LogP contribution in [0.5, 0.6) is 0 Å². The highest BCUT2D eigenvalue weighted by Gasteiger charge is 2.15. The Morgan fingerprint density at radius 2 is 2.05 bits per heavy atom. The van der Waals surface area contributed by atoms with E-state index in [1.54, 1.807) is 4.68 Å². The monoisotopic (exact) mass is 274 g/mol. The number of rotatable bonds is 4. The van der Waals surface area contributed by atoms with Gasteiger partial charge in [0.15, 0.2) is 0 Å². The lowest BCUT2D eigenvalue weighted by molar-refractivity contribution is 0.604.